The number of halogens is 2. The summed E-state index contributed by atoms with van der Waals surface area (Å²) in [7, 11) is 0. The van der Waals surface area contributed by atoms with E-state index >= 15 is 0 Å². The van der Waals surface area contributed by atoms with Crippen LogP contribution in [0.15, 0.2) is 29.3 Å². The monoisotopic (exact) mass is 475 g/mol. The maximum Gasteiger partial charge on any atom is 0.188 e. The molecule has 146 valence electrons. The number of para-hydroxylation sites is 1. The van der Waals surface area contributed by atoms with Gasteiger partial charge in [-0.25, -0.2) is 4.39 Å². The lowest BCUT2D eigenvalue weighted by atomic mass is 9.86. The van der Waals surface area contributed by atoms with Crippen molar-refractivity contribution < 1.29 is 4.39 Å². The van der Waals surface area contributed by atoms with E-state index in [1.807, 2.05) is 12.1 Å². The van der Waals surface area contributed by atoms with Crippen molar-refractivity contribution in [3.63, 3.8) is 0 Å². The maximum atomic E-state index is 13.8. The molecule has 0 aromatic heterocycles. The summed E-state index contributed by atoms with van der Waals surface area (Å²) < 4.78 is 13.8. The summed E-state index contributed by atoms with van der Waals surface area (Å²) in [5.41, 5.74) is 6.62. The van der Waals surface area contributed by atoms with E-state index in [1.165, 1.54) is 25.3 Å². The Balaban J connectivity index is 0.00000243. The van der Waals surface area contributed by atoms with Crippen LogP contribution in [0.4, 0.5) is 10.1 Å². The highest BCUT2D eigenvalue weighted by molar-refractivity contribution is 14.0. The molecule has 1 saturated carbocycles. The molecule has 1 saturated heterocycles. The standard InChI is InChI=1S/C19H30FN5.HI/c20-17-7-1-2-8-18(17)25-13-11-24(12-14-25)10-4-9-22-19(21)23-15-16-5-3-6-16;/h1-2,7-8,16H,3-6,9-15H2,(H3,21,22,23);1H. The minimum absolute atomic E-state index is 0. The molecule has 0 radical (unpaired) electrons. The molecule has 3 N–H and O–H groups in total. The number of aliphatic imine (C=N–C) groups is 1. The topological polar surface area (TPSA) is 56.9 Å². The third kappa shape index (κ3) is 6.26. The van der Waals surface area contributed by atoms with Crippen molar-refractivity contribution in [3.05, 3.63) is 30.1 Å². The molecule has 1 aliphatic heterocycles. The fourth-order valence-electron chi connectivity index (χ4n) is 3.40. The van der Waals surface area contributed by atoms with E-state index in [0.29, 0.717) is 5.96 Å². The smallest absolute Gasteiger partial charge is 0.188 e. The Morgan fingerprint density at radius 2 is 1.92 bits per heavy atom. The number of rotatable bonds is 7. The van der Waals surface area contributed by atoms with Crippen molar-refractivity contribution in [3.8, 4) is 0 Å². The van der Waals surface area contributed by atoms with Crippen LogP contribution in [0.1, 0.15) is 25.7 Å². The first-order valence-corrected chi connectivity index (χ1v) is 9.48. The van der Waals surface area contributed by atoms with Crippen molar-refractivity contribution in [1.29, 1.82) is 0 Å². The Labute approximate surface area is 173 Å². The van der Waals surface area contributed by atoms with E-state index in [2.05, 4.69) is 20.1 Å². The van der Waals surface area contributed by atoms with Gasteiger partial charge in [-0.05, 0) is 43.9 Å². The zero-order valence-corrected chi connectivity index (χ0v) is 17.7. The second kappa shape index (κ2) is 10.9. The van der Waals surface area contributed by atoms with Gasteiger partial charge in [0, 0.05) is 39.3 Å². The number of hydrogen-bond acceptors (Lipinski definition) is 3. The second-order valence-corrected chi connectivity index (χ2v) is 7.08. The van der Waals surface area contributed by atoms with E-state index in [9.17, 15) is 4.39 Å². The lowest BCUT2D eigenvalue weighted by Crippen LogP contribution is -2.47. The van der Waals surface area contributed by atoms with Gasteiger partial charge in [-0.3, -0.25) is 9.89 Å². The number of anilines is 1. The van der Waals surface area contributed by atoms with Crippen LogP contribution in [0.25, 0.3) is 0 Å². The molecule has 2 aliphatic rings. The molecule has 7 heteroatoms. The number of hydrogen-bond donors (Lipinski definition) is 2. The van der Waals surface area contributed by atoms with Crippen LogP contribution in [-0.4, -0.2) is 56.7 Å². The number of nitrogens with zero attached hydrogens (tertiary/aromatic N) is 3. The lowest BCUT2D eigenvalue weighted by Gasteiger charge is -2.36. The van der Waals surface area contributed by atoms with Crippen LogP contribution < -0.4 is 16.0 Å². The van der Waals surface area contributed by atoms with Crippen molar-refractivity contribution in [2.45, 2.75) is 25.7 Å². The van der Waals surface area contributed by atoms with Crippen molar-refractivity contribution in [1.82, 2.24) is 10.2 Å². The van der Waals surface area contributed by atoms with Gasteiger partial charge in [-0.15, -0.1) is 24.0 Å². The number of piperazine rings is 1. The highest BCUT2D eigenvalue weighted by Gasteiger charge is 2.19. The quantitative estimate of drug-likeness (QED) is 0.276. The second-order valence-electron chi connectivity index (χ2n) is 7.08. The summed E-state index contributed by atoms with van der Waals surface area (Å²) in [4.78, 5) is 8.98. The highest BCUT2D eigenvalue weighted by Crippen LogP contribution is 2.26. The Hall–Kier alpha value is -1.09. The Morgan fingerprint density at radius 3 is 2.58 bits per heavy atom. The molecule has 3 rings (SSSR count). The molecule has 0 atom stereocenters. The zero-order chi connectivity index (χ0) is 17.5. The van der Waals surface area contributed by atoms with Gasteiger partial charge in [-0.2, -0.15) is 0 Å². The molecule has 1 aromatic carbocycles. The summed E-state index contributed by atoms with van der Waals surface area (Å²) in [5, 5.41) is 3.21. The van der Waals surface area contributed by atoms with Gasteiger partial charge >= 0.3 is 0 Å². The fraction of sp³-hybridized carbons (Fsp3) is 0.632. The Bertz CT molecular complexity index is 571. The molecule has 2 fully saturated rings. The van der Waals surface area contributed by atoms with Crippen molar-refractivity contribution in [2.75, 3.05) is 50.7 Å². The molecule has 0 amide bonds. The van der Waals surface area contributed by atoms with Gasteiger partial charge in [0.15, 0.2) is 5.96 Å². The van der Waals surface area contributed by atoms with Gasteiger partial charge in [0.1, 0.15) is 5.82 Å². The minimum Gasteiger partial charge on any atom is -0.370 e. The maximum absolute atomic E-state index is 13.8. The molecule has 0 unspecified atom stereocenters. The van der Waals surface area contributed by atoms with Crippen LogP contribution >= 0.6 is 24.0 Å². The van der Waals surface area contributed by atoms with Gasteiger partial charge in [-0.1, -0.05) is 18.6 Å². The Morgan fingerprint density at radius 1 is 1.19 bits per heavy atom. The molecule has 26 heavy (non-hydrogen) atoms. The van der Waals surface area contributed by atoms with E-state index in [4.69, 9.17) is 5.73 Å². The van der Waals surface area contributed by atoms with Crippen LogP contribution in [0.3, 0.4) is 0 Å². The van der Waals surface area contributed by atoms with Crippen molar-refractivity contribution in [2.24, 2.45) is 16.6 Å². The lowest BCUT2D eigenvalue weighted by molar-refractivity contribution is 0.254. The minimum atomic E-state index is -0.128. The highest BCUT2D eigenvalue weighted by atomic mass is 127. The van der Waals surface area contributed by atoms with Crippen LogP contribution in [0, 0.1) is 11.7 Å². The molecule has 1 aliphatic carbocycles. The molecule has 1 heterocycles. The van der Waals surface area contributed by atoms with E-state index in [0.717, 1.165) is 63.8 Å². The average Bonchev–Trinajstić information content (AvgIpc) is 2.58. The molecule has 1 aromatic rings. The summed E-state index contributed by atoms with van der Waals surface area (Å²) in [5.74, 6) is 1.21. The molecular weight excluding hydrogens is 444 g/mol. The first kappa shape index (κ1) is 21.2. The predicted molar refractivity (Wildman–Crippen MR) is 117 cm³/mol. The molecule has 5 nitrogen and oxygen atoms in total. The van der Waals surface area contributed by atoms with E-state index in [1.54, 1.807) is 6.07 Å². The molecule has 0 spiro atoms. The summed E-state index contributed by atoms with van der Waals surface area (Å²) in [6.07, 6.45) is 4.99. The number of guanidine groups is 1. The first-order chi connectivity index (χ1) is 12.2. The number of benzene rings is 1. The number of nitrogens with one attached hydrogen (secondary N) is 1. The number of nitrogens with two attached hydrogens (primary N) is 1. The van der Waals surface area contributed by atoms with Gasteiger partial charge in [0.05, 0.1) is 5.69 Å². The van der Waals surface area contributed by atoms with Crippen LogP contribution in [0.2, 0.25) is 0 Å². The van der Waals surface area contributed by atoms with Gasteiger partial charge in [0.2, 0.25) is 0 Å². The third-order valence-electron chi connectivity index (χ3n) is 5.27. The normalized spacial score (nSPS) is 19.0. The summed E-state index contributed by atoms with van der Waals surface area (Å²) >= 11 is 0. The predicted octanol–water partition coefficient (Wildman–Crippen LogP) is 2.66. The molecular formula is C19H31FIN5. The average molecular weight is 475 g/mol. The van der Waals surface area contributed by atoms with Gasteiger partial charge < -0.3 is 16.0 Å². The van der Waals surface area contributed by atoms with Gasteiger partial charge in [0.25, 0.3) is 0 Å². The van der Waals surface area contributed by atoms with E-state index in [-0.39, 0.29) is 29.8 Å². The van der Waals surface area contributed by atoms with Crippen LogP contribution in [0.5, 0.6) is 0 Å². The first-order valence-electron chi connectivity index (χ1n) is 9.48. The summed E-state index contributed by atoms with van der Waals surface area (Å²) in [6, 6.07) is 7.03. The Kier molecular flexibility index (Phi) is 8.90. The van der Waals surface area contributed by atoms with Crippen LogP contribution in [-0.2, 0) is 0 Å². The van der Waals surface area contributed by atoms with Crippen molar-refractivity contribution >= 4 is 35.6 Å². The molecule has 0 bridgehead atoms. The summed E-state index contributed by atoms with van der Waals surface area (Å²) in [6.45, 7) is 6.45. The van der Waals surface area contributed by atoms with E-state index < -0.39 is 0 Å². The fourth-order valence-corrected chi connectivity index (χ4v) is 3.40. The largest absolute Gasteiger partial charge is 0.370 e. The zero-order valence-electron chi connectivity index (χ0n) is 15.4. The third-order valence-corrected chi connectivity index (χ3v) is 5.27. The SMILES string of the molecule is I.NC(=NCC1CCC1)NCCCN1CCN(c2ccccc2F)CC1.